The van der Waals surface area contributed by atoms with E-state index in [9.17, 15) is 9.90 Å². The molecule has 1 aromatic rings. The predicted octanol–water partition coefficient (Wildman–Crippen LogP) is 1.32. The summed E-state index contributed by atoms with van der Waals surface area (Å²) >= 11 is 0. The van der Waals surface area contributed by atoms with Gasteiger partial charge < -0.3 is 14.6 Å². The Hall–Kier alpha value is -1.36. The molecular weight excluding hydrogens is 242 g/mol. The molecule has 0 bridgehead atoms. The van der Waals surface area contributed by atoms with Gasteiger partial charge in [0.1, 0.15) is 0 Å². The highest BCUT2D eigenvalue weighted by molar-refractivity contribution is 5.38. The first-order valence-electron chi connectivity index (χ1n) is 7.26. The minimum Gasteiger partial charge on any atom is -0.394 e. The van der Waals surface area contributed by atoms with Gasteiger partial charge in [0.15, 0.2) is 5.82 Å². The molecule has 1 aromatic heterocycles. The van der Waals surface area contributed by atoms with Crippen molar-refractivity contribution in [3.8, 4) is 0 Å². The van der Waals surface area contributed by atoms with Crippen LogP contribution in [0.5, 0.6) is 0 Å². The molecule has 1 saturated carbocycles. The Labute approximate surface area is 112 Å². The monoisotopic (exact) mass is 263 g/mol. The highest BCUT2D eigenvalue weighted by atomic mass is 16.3. The lowest BCUT2D eigenvalue weighted by Gasteiger charge is -2.29. The van der Waals surface area contributed by atoms with Crippen LogP contribution in [0.15, 0.2) is 17.2 Å². The Bertz CT molecular complexity index is 496. The molecule has 2 heterocycles. The molecule has 1 aliphatic carbocycles. The van der Waals surface area contributed by atoms with E-state index >= 15 is 0 Å². The van der Waals surface area contributed by atoms with Gasteiger partial charge in [0.05, 0.1) is 12.6 Å². The van der Waals surface area contributed by atoms with Gasteiger partial charge in [-0.25, -0.2) is 4.98 Å². The lowest BCUT2D eigenvalue weighted by Crippen LogP contribution is -2.42. The van der Waals surface area contributed by atoms with Crippen molar-refractivity contribution in [3.05, 3.63) is 22.7 Å². The molecule has 0 amide bonds. The molecule has 0 aromatic carbocycles. The van der Waals surface area contributed by atoms with Gasteiger partial charge in [-0.2, -0.15) is 0 Å². The minimum absolute atomic E-state index is 0.00495. The second-order valence-corrected chi connectivity index (χ2v) is 5.57. The van der Waals surface area contributed by atoms with Gasteiger partial charge in [0.2, 0.25) is 0 Å². The fraction of sp³-hybridized carbons (Fsp3) is 0.714. The van der Waals surface area contributed by atoms with Gasteiger partial charge >= 0.3 is 0 Å². The maximum atomic E-state index is 12.5. The van der Waals surface area contributed by atoms with Crippen LogP contribution in [-0.4, -0.2) is 33.9 Å². The van der Waals surface area contributed by atoms with E-state index in [4.69, 9.17) is 0 Å². The molecule has 5 heteroatoms. The van der Waals surface area contributed by atoms with Crippen molar-refractivity contribution in [2.75, 3.05) is 18.1 Å². The molecule has 0 radical (unpaired) electrons. The SMILES string of the molecule is O=c1c(N2CCCCCC2CO)nccn1C1CC1. The lowest BCUT2D eigenvalue weighted by molar-refractivity contribution is 0.254. The van der Waals surface area contributed by atoms with E-state index in [1.165, 1.54) is 0 Å². The van der Waals surface area contributed by atoms with Crippen LogP contribution in [-0.2, 0) is 0 Å². The largest absolute Gasteiger partial charge is 0.394 e. The van der Waals surface area contributed by atoms with E-state index in [2.05, 4.69) is 4.98 Å². The third-order valence-electron chi connectivity index (χ3n) is 4.15. The molecule has 3 rings (SSSR count). The number of rotatable bonds is 3. The van der Waals surface area contributed by atoms with Crippen molar-refractivity contribution in [2.24, 2.45) is 0 Å². The van der Waals surface area contributed by atoms with Crippen LogP contribution in [0, 0.1) is 0 Å². The minimum atomic E-state index is 0.00495. The quantitative estimate of drug-likeness (QED) is 0.893. The zero-order valence-electron chi connectivity index (χ0n) is 11.2. The summed E-state index contributed by atoms with van der Waals surface area (Å²) in [6.07, 6.45) is 9.97. The fourth-order valence-corrected chi connectivity index (χ4v) is 2.90. The standard InChI is InChI=1S/C14H21N3O2/c18-10-12-4-2-1-3-8-16(12)13-14(19)17(9-7-15-13)11-5-6-11/h7,9,11-12,18H,1-6,8,10H2. The van der Waals surface area contributed by atoms with Gasteiger partial charge in [-0.15, -0.1) is 0 Å². The van der Waals surface area contributed by atoms with Gasteiger partial charge in [0.25, 0.3) is 5.56 Å². The van der Waals surface area contributed by atoms with E-state index in [-0.39, 0.29) is 18.2 Å². The summed E-state index contributed by atoms with van der Waals surface area (Å²) in [7, 11) is 0. The maximum absolute atomic E-state index is 12.5. The molecule has 5 nitrogen and oxygen atoms in total. The van der Waals surface area contributed by atoms with Gasteiger partial charge in [0, 0.05) is 25.0 Å². The van der Waals surface area contributed by atoms with Crippen molar-refractivity contribution < 1.29 is 5.11 Å². The fourth-order valence-electron chi connectivity index (χ4n) is 2.90. The molecular formula is C14H21N3O2. The first-order chi connectivity index (χ1) is 9.31. The Kier molecular flexibility index (Phi) is 3.55. The summed E-state index contributed by atoms with van der Waals surface area (Å²) in [6, 6.07) is 0.409. The Morgan fingerprint density at radius 3 is 2.84 bits per heavy atom. The second kappa shape index (κ2) is 5.33. The zero-order chi connectivity index (χ0) is 13.2. The lowest BCUT2D eigenvalue weighted by atomic mass is 10.1. The molecule has 104 valence electrons. The topological polar surface area (TPSA) is 58.4 Å². The second-order valence-electron chi connectivity index (χ2n) is 5.57. The summed E-state index contributed by atoms with van der Waals surface area (Å²) in [4.78, 5) is 18.8. The third kappa shape index (κ3) is 2.52. The average molecular weight is 263 g/mol. The number of aliphatic hydroxyl groups is 1. The van der Waals surface area contributed by atoms with E-state index in [0.29, 0.717) is 11.9 Å². The maximum Gasteiger partial charge on any atom is 0.293 e. The first-order valence-corrected chi connectivity index (χ1v) is 7.26. The van der Waals surface area contributed by atoms with E-state index in [1.54, 1.807) is 12.4 Å². The van der Waals surface area contributed by atoms with Crippen molar-refractivity contribution in [1.29, 1.82) is 0 Å². The average Bonchev–Trinajstić information content (AvgIpc) is 3.25. The third-order valence-corrected chi connectivity index (χ3v) is 4.15. The smallest absolute Gasteiger partial charge is 0.293 e. The highest BCUT2D eigenvalue weighted by Gasteiger charge is 2.28. The van der Waals surface area contributed by atoms with Gasteiger partial charge in [-0.05, 0) is 25.7 Å². The number of anilines is 1. The Morgan fingerprint density at radius 1 is 1.26 bits per heavy atom. The number of aromatic nitrogens is 2. The van der Waals surface area contributed by atoms with Gasteiger partial charge in [-0.3, -0.25) is 4.79 Å². The molecule has 1 unspecified atom stereocenters. The van der Waals surface area contributed by atoms with Crippen LogP contribution in [0.3, 0.4) is 0 Å². The molecule has 2 fully saturated rings. The van der Waals surface area contributed by atoms with E-state index in [0.717, 1.165) is 45.1 Å². The molecule has 1 N–H and O–H groups in total. The normalized spacial score (nSPS) is 24.3. The molecule has 1 aliphatic heterocycles. The van der Waals surface area contributed by atoms with E-state index in [1.807, 2.05) is 9.47 Å². The zero-order valence-corrected chi connectivity index (χ0v) is 11.2. The molecule has 1 atom stereocenters. The molecule has 2 aliphatic rings. The van der Waals surface area contributed by atoms with Crippen LogP contribution in [0.1, 0.15) is 44.6 Å². The van der Waals surface area contributed by atoms with Crippen LogP contribution in [0.2, 0.25) is 0 Å². The Balaban J connectivity index is 1.94. The van der Waals surface area contributed by atoms with Crippen molar-refractivity contribution in [2.45, 2.75) is 50.6 Å². The number of nitrogens with zero attached hydrogens (tertiary/aromatic N) is 3. The molecule has 0 spiro atoms. The number of aliphatic hydroxyl groups excluding tert-OH is 1. The number of hydrogen-bond acceptors (Lipinski definition) is 4. The highest BCUT2D eigenvalue weighted by Crippen LogP contribution is 2.33. The van der Waals surface area contributed by atoms with Crippen LogP contribution in [0.25, 0.3) is 0 Å². The first kappa shape index (κ1) is 12.7. The molecule has 1 saturated heterocycles. The van der Waals surface area contributed by atoms with E-state index < -0.39 is 0 Å². The van der Waals surface area contributed by atoms with Gasteiger partial charge in [-0.1, -0.05) is 12.8 Å². The predicted molar refractivity (Wildman–Crippen MR) is 73.5 cm³/mol. The molecule has 19 heavy (non-hydrogen) atoms. The van der Waals surface area contributed by atoms with Crippen LogP contribution in [0.4, 0.5) is 5.82 Å². The summed E-state index contributed by atoms with van der Waals surface area (Å²) < 4.78 is 1.81. The summed E-state index contributed by atoms with van der Waals surface area (Å²) in [5.41, 5.74) is 0.00495. The van der Waals surface area contributed by atoms with Crippen molar-refractivity contribution >= 4 is 5.82 Å². The summed E-state index contributed by atoms with van der Waals surface area (Å²) in [5, 5.41) is 9.55. The van der Waals surface area contributed by atoms with Crippen molar-refractivity contribution in [3.63, 3.8) is 0 Å². The summed E-state index contributed by atoms with van der Waals surface area (Å²) in [5.74, 6) is 0.523. The van der Waals surface area contributed by atoms with Crippen LogP contribution >= 0.6 is 0 Å². The van der Waals surface area contributed by atoms with Crippen LogP contribution < -0.4 is 10.5 Å². The summed E-state index contributed by atoms with van der Waals surface area (Å²) in [6.45, 7) is 0.918. The van der Waals surface area contributed by atoms with Crippen molar-refractivity contribution in [1.82, 2.24) is 9.55 Å². The Morgan fingerprint density at radius 2 is 2.11 bits per heavy atom. The number of hydrogen-bond donors (Lipinski definition) is 1.